The summed E-state index contributed by atoms with van der Waals surface area (Å²) in [6.45, 7) is 4.30. The molecule has 19 rings (SSSR count). The maximum atomic E-state index is 2.37. The molecule has 0 heterocycles. The van der Waals surface area contributed by atoms with Crippen molar-refractivity contribution in [3.05, 3.63) is 520 Å². The standard InChI is InChI=1S/C117H90N6/c1-86-25-21-42-115(81-86)121(100-36-15-6-16-37-100)112-75-69-109(70-76-112)120(110-71-77-113(78-72-110)122(101-38-17-7-18-39-101)116-43-22-26-87(2)82-116)111-73-79-114(80-74-111)123(102-40-19-8-20-41-102)117-44-24-28-89(85-117)83-88-27-23-35-99(84-88)98-55-67-108(68-56-98)119(105-61-49-95(50-62-105)92-33-13-5-14-34-92)107-65-53-97(54-66-107)96-51-63-106(64-52-96)118(103-57-45-93(46-58-103)90-29-9-3-10-30-90)104-59-47-94(48-60-104)91-31-11-4-12-32-91/h3-82,84-85H,83H2,1-2H3. The minimum Gasteiger partial charge on any atom is -0.311 e. The van der Waals surface area contributed by atoms with Gasteiger partial charge >= 0.3 is 0 Å². The number of nitrogens with zero attached hydrogens (tertiary/aromatic N) is 6. The van der Waals surface area contributed by atoms with Gasteiger partial charge in [0.1, 0.15) is 0 Å². The van der Waals surface area contributed by atoms with Crippen molar-refractivity contribution in [3.8, 4) is 55.6 Å². The lowest BCUT2D eigenvalue weighted by atomic mass is 9.98. The molecule has 0 unspecified atom stereocenters. The molecule has 0 radical (unpaired) electrons. The highest BCUT2D eigenvalue weighted by molar-refractivity contribution is 5.89. The molecule has 0 atom stereocenters. The van der Waals surface area contributed by atoms with Gasteiger partial charge < -0.3 is 29.4 Å². The van der Waals surface area contributed by atoms with Crippen molar-refractivity contribution in [2.75, 3.05) is 29.4 Å². The summed E-state index contributed by atoms with van der Waals surface area (Å²) in [6, 6.07) is 180. The molecule has 6 heteroatoms. The Balaban J connectivity index is 0.597. The Morgan fingerprint density at radius 1 is 0.122 bits per heavy atom. The van der Waals surface area contributed by atoms with E-state index in [-0.39, 0.29) is 0 Å². The lowest BCUT2D eigenvalue weighted by molar-refractivity contribution is 1.18. The number of hydrogen-bond acceptors (Lipinski definition) is 6. The van der Waals surface area contributed by atoms with E-state index in [4.69, 9.17) is 0 Å². The van der Waals surface area contributed by atoms with Crippen molar-refractivity contribution >= 4 is 102 Å². The fourth-order valence-corrected chi connectivity index (χ4v) is 16.8. The van der Waals surface area contributed by atoms with Gasteiger partial charge in [-0.15, -0.1) is 0 Å². The van der Waals surface area contributed by atoms with E-state index in [1.54, 1.807) is 0 Å². The van der Waals surface area contributed by atoms with Crippen LogP contribution in [0.25, 0.3) is 55.6 Å². The van der Waals surface area contributed by atoms with E-state index in [2.05, 4.69) is 541 Å². The van der Waals surface area contributed by atoms with E-state index < -0.39 is 0 Å². The Morgan fingerprint density at radius 3 is 0.537 bits per heavy atom. The lowest BCUT2D eigenvalue weighted by Gasteiger charge is -2.30. The zero-order valence-corrected chi connectivity index (χ0v) is 68.7. The number of hydrogen-bond donors (Lipinski definition) is 0. The molecule has 0 aliphatic rings. The summed E-state index contributed by atoms with van der Waals surface area (Å²) >= 11 is 0. The van der Waals surface area contributed by atoms with Gasteiger partial charge in [-0.25, -0.2) is 0 Å². The Hall–Kier alpha value is -16.0. The van der Waals surface area contributed by atoms with Crippen LogP contribution in [0, 0.1) is 13.8 Å². The lowest BCUT2D eigenvalue weighted by Crippen LogP contribution is -2.14. The number of benzene rings is 19. The van der Waals surface area contributed by atoms with Crippen LogP contribution < -0.4 is 29.4 Å². The van der Waals surface area contributed by atoms with Crippen LogP contribution >= 0.6 is 0 Å². The Morgan fingerprint density at radius 2 is 0.285 bits per heavy atom. The summed E-state index contributed by atoms with van der Waals surface area (Å²) in [5, 5.41) is 0. The van der Waals surface area contributed by atoms with Crippen molar-refractivity contribution in [2.45, 2.75) is 20.3 Å². The third-order valence-corrected chi connectivity index (χ3v) is 22.9. The minimum absolute atomic E-state index is 0.745. The summed E-state index contributed by atoms with van der Waals surface area (Å²) < 4.78 is 0. The van der Waals surface area contributed by atoms with Crippen LogP contribution in [0.15, 0.2) is 497 Å². The molecule has 0 aliphatic heterocycles. The van der Waals surface area contributed by atoms with Crippen LogP contribution in [-0.4, -0.2) is 0 Å². The molecule has 0 N–H and O–H groups in total. The number of anilines is 18. The molecule has 588 valence electrons. The van der Waals surface area contributed by atoms with E-state index in [0.717, 1.165) is 131 Å². The molecule has 0 saturated carbocycles. The number of aryl methyl sites for hydroxylation is 2. The highest BCUT2D eigenvalue weighted by Gasteiger charge is 2.23. The first kappa shape index (κ1) is 76.9. The second kappa shape index (κ2) is 35.7. The smallest absolute Gasteiger partial charge is 0.0464 e. The number of para-hydroxylation sites is 3. The normalized spacial score (nSPS) is 11.0. The summed E-state index contributed by atoms with van der Waals surface area (Å²) in [4.78, 5) is 14.1. The van der Waals surface area contributed by atoms with E-state index in [0.29, 0.717) is 0 Å². The molecule has 6 nitrogen and oxygen atoms in total. The van der Waals surface area contributed by atoms with Crippen LogP contribution in [0.2, 0.25) is 0 Å². The SMILES string of the molecule is Cc1cccc(N(c2ccccc2)c2ccc(N(c3ccc(N(c4ccccc4)c4cccc(C)c4)cc3)c3ccc(N(c4ccccc4)c4cccc(Cc5cccc(-c6ccc(N(c7ccc(-c8ccccc8)cc7)c7ccc(-c8ccc(N(c9ccc(-c%10ccccc%10)cc9)c9ccc(-c%10ccccc%10)cc9)cc8)cc7)cc6)c5)c4)cc3)cc2)c1. The van der Waals surface area contributed by atoms with Gasteiger partial charge in [-0.1, -0.05) is 279 Å². The van der Waals surface area contributed by atoms with Crippen molar-refractivity contribution in [1.29, 1.82) is 0 Å². The molecule has 0 aromatic heterocycles. The average Bonchev–Trinajstić information content (AvgIpc) is 0.792. The van der Waals surface area contributed by atoms with E-state index >= 15 is 0 Å². The quantitative estimate of drug-likeness (QED) is 0.0564. The third kappa shape index (κ3) is 17.2. The van der Waals surface area contributed by atoms with Gasteiger partial charge in [0.25, 0.3) is 0 Å². The zero-order valence-electron chi connectivity index (χ0n) is 68.7. The molecular weight excluding hydrogens is 1490 g/mol. The van der Waals surface area contributed by atoms with Crippen molar-refractivity contribution < 1.29 is 0 Å². The van der Waals surface area contributed by atoms with Crippen LogP contribution in [0.5, 0.6) is 0 Å². The molecule has 0 spiro atoms. The predicted molar refractivity (Wildman–Crippen MR) is 520 cm³/mol. The first-order valence-electron chi connectivity index (χ1n) is 42.1. The fraction of sp³-hybridized carbons (Fsp3) is 0.0256. The van der Waals surface area contributed by atoms with Crippen molar-refractivity contribution in [3.63, 3.8) is 0 Å². The molecule has 0 bridgehead atoms. The summed E-state index contributed by atoms with van der Waals surface area (Å²) in [7, 11) is 0. The molecule has 19 aromatic carbocycles. The maximum absolute atomic E-state index is 2.37. The second-order valence-electron chi connectivity index (χ2n) is 31.2. The van der Waals surface area contributed by atoms with Crippen molar-refractivity contribution in [2.24, 2.45) is 0 Å². The van der Waals surface area contributed by atoms with Crippen LogP contribution in [-0.2, 0) is 6.42 Å². The van der Waals surface area contributed by atoms with Crippen LogP contribution in [0.4, 0.5) is 102 Å². The molecule has 123 heavy (non-hydrogen) atoms. The largest absolute Gasteiger partial charge is 0.311 e. The van der Waals surface area contributed by atoms with E-state index in [1.807, 2.05) is 0 Å². The number of rotatable bonds is 25. The molecule has 19 aromatic rings. The Labute approximate surface area is 722 Å². The topological polar surface area (TPSA) is 19.4 Å². The van der Waals surface area contributed by atoms with Crippen LogP contribution in [0.1, 0.15) is 22.3 Å². The second-order valence-corrected chi connectivity index (χ2v) is 31.2. The monoisotopic (exact) mass is 1580 g/mol. The fourth-order valence-electron chi connectivity index (χ4n) is 16.8. The van der Waals surface area contributed by atoms with Gasteiger partial charge in [-0.3, -0.25) is 0 Å². The van der Waals surface area contributed by atoms with Gasteiger partial charge in [-0.05, 0) is 317 Å². The molecular formula is C117H90N6. The van der Waals surface area contributed by atoms with Gasteiger partial charge in [0.2, 0.25) is 0 Å². The van der Waals surface area contributed by atoms with Crippen molar-refractivity contribution in [1.82, 2.24) is 0 Å². The van der Waals surface area contributed by atoms with Gasteiger partial charge in [-0.2, -0.15) is 0 Å². The maximum Gasteiger partial charge on any atom is 0.0464 e. The predicted octanol–water partition coefficient (Wildman–Crippen LogP) is 33.0. The first-order valence-corrected chi connectivity index (χ1v) is 42.1. The summed E-state index contributed by atoms with van der Waals surface area (Å²) in [6.07, 6.45) is 0.745. The third-order valence-electron chi connectivity index (χ3n) is 22.9. The first-order chi connectivity index (χ1) is 60.8. The van der Waals surface area contributed by atoms with Gasteiger partial charge in [0, 0.05) is 102 Å². The molecule has 0 saturated heterocycles. The molecule has 0 amide bonds. The van der Waals surface area contributed by atoms with Gasteiger partial charge in [0.15, 0.2) is 0 Å². The highest BCUT2D eigenvalue weighted by atomic mass is 15.2. The van der Waals surface area contributed by atoms with E-state index in [9.17, 15) is 0 Å². The van der Waals surface area contributed by atoms with Gasteiger partial charge in [0.05, 0.1) is 0 Å². The Bertz CT molecular complexity index is 6490. The average molecular weight is 1580 g/mol. The highest BCUT2D eigenvalue weighted by Crippen LogP contribution is 2.46. The molecule has 0 aliphatic carbocycles. The summed E-state index contributed by atoms with van der Waals surface area (Å²) in [5.41, 5.74) is 35.7. The molecule has 0 fully saturated rings. The zero-order chi connectivity index (χ0) is 82.6. The van der Waals surface area contributed by atoms with Crippen LogP contribution in [0.3, 0.4) is 0 Å². The Kier molecular flexibility index (Phi) is 22.3. The summed E-state index contributed by atoms with van der Waals surface area (Å²) in [5.74, 6) is 0. The minimum atomic E-state index is 0.745. The van der Waals surface area contributed by atoms with E-state index in [1.165, 1.54) is 55.6 Å².